The first-order chi connectivity index (χ1) is 9.29. The molecule has 106 valence electrons. The third kappa shape index (κ3) is 5.10. The van der Waals surface area contributed by atoms with Gasteiger partial charge in [-0.3, -0.25) is 0 Å². The van der Waals surface area contributed by atoms with Gasteiger partial charge in [-0.1, -0.05) is 28.9 Å². The van der Waals surface area contributed by atoms with E-state index in [9.17, 15) is 0 Å². The maximum atomic E-state index is 5.44. The van der Waals surface area contributed by atoms with Crippen LogP contribution >= 0.6 is 27.7 Å². The van der Waals surface area contributed by atoms with E-state index >= 15 is 0 Å². The lowest BCUT2D eigenvalue weighted by Crippen LogP contribution is -2.18. The van der Waals surface area contributed by atoms with Gasteiger partial charge in [0.2, 0.25) is 0 Å². The molecule has 2 rings (SSSR count). The van der Waals surface area contributed by atoms with Gasteiger partial charge in [0.05, 0.1) is 0 Å². The Morgan fingerprint density at radius 3 is 2.89 bits per heavy atom. The first kappa shape index (κ1) is 15.4. The molecule has 4 heteroatoms. The lowest BCUT2D eigenvalue weighted by Gasteiger charge is -2.22. The Balaban J connectivity index is 2.01. The fourth-order valence-electron chi connectivity index (χ4n) is 2.16. The van der Waals surface area contributed by atoms with Crippen LogP contribution in [0.25, 0.3) is 0 Å². The Morgan fingerprint density at radius 1 is 1.37 bits per heavy atom. The van der Waals surface area contributed by atoms with Crippen LogP contribution in [0, 0.1) is 0 Å². The van der Waals surface area contributed by atoms with E-state index in [1.54, 1.807) is 0 Å². The molecule has 0 amide bonds. The second kappa shape index (κ2) is 8.30. The van der Waals surface area contributed by atoms with Gasteiger partial charge in [-0.25, -0.2) is 0 Å². The molecule has 1 aromatic rings. The minimum absolute atomic E-state index is 0.702. The van der Waals surface area contributed by atoms with Gasteiger partial charge in [-0.2, -0.15) is 0 Å². The van der Waals surface area contributed by atoms with Gasteiger partial charge in [0, 0.05) is 34.4 Å². The van der Waals surface area contributed by atoms with Crippen molar-refractivity contribution in [1.82, 2.24) is 5.32 Å². The molecule has 0 radical (unpaired) electrons. The number of nitrogens with one attached hydrogen (secondary N) is 1. The van der Waals surface area contributed by atoms with Crippen molar-refractivity contribution < 1.29 is 4.74 Å². The fraction of sp³-hybridized carbons (Fsp3) is 0.600. The van der Waals surface area contributed by atoms with E-state index in [0.717, 1.165) is 26.3 Å². The first-order valence-electron chi connectivity index (χ1n) is 7.03. The van der Waals surface area contributed by atoms with Gasteiger partial charge in [-0.15, -0.1) is 11.8 Å². The molecule has 0 bridgehead atoms. The molecule has 0 atom stereocenters. The molecule has 0 aliphatic carbocycles. The van der Waals surface area contributed by atoms with Crippen LogP contribution < -0.4 is 5.32 Å². The topological polar surface area (TPSA) is 21.3 Å². The molecular weight excluding hydrogens is 322 g/mol. The summed E-state index contributed by atoms with van der Waals surface area (Å²) in [7, 11) is 0. The number of ether oxygens (including phenoxy) is 1. The van der Waals surface area contributed by atoms with E-state index in [0.29, 0.717) is 5.25 Å². The highest BCUT2D eigenvalue weighted by Gasteiger charge is 2.16. The van der Waals surface area contributed by atoms with Crippen LogP contribution in [0.4, 0.5) is 0 Å². The average molecular weight is 344 g/mol. The molecule has 1 fully saturated rings. The molecule has 0 aromatic heterocycles. The molecule has 0 unspecified atom stereocenters. The Morgan fingerprint density at radius 2 is 2.16 bits per heavy atom. The van der Waals surface area contributed by atoms with Crippen molar-refractivity contribution in [3.05, 3.63) is 28.2 Å². The van der Waals surface area contributed by atoms with E-state index in [1.807, 2.05) is 11.8 Å². The maximum Gasteiger partial charge on any atom is 0.0476 e. The number of rotatable bonds is 6. The Kier molecular flexibility index (Phi) is 6.71. The third-order valence-electron chi connectivity index (χ3n) is 3.23. The third-order valence-corrected chi connectivity index (χ3v) is 5.17. The van der Waals surface area contributed by atoms with Gasteiger partial charge in [0.1, 0.15) is 0 Å². The molecular formula is C15H22BrNOS. The van der Waals surface area contributed by atoms with Crippen LogP contribution in [0.5, 0.6) is 0 Å². The summed E-state index contributed by atoms with van der Waals surface area (Å²) >= 11 is 5.60. The zero-order valence-electron chi connectivity index (χ0n) is 11.5. The normalized spacial score (nSPS) is 16.7. The average Bonchev–Trinajstić information content (AvgIpc) is 2.43. The number of benzene rings is 1. The second-order valence-corrected chi connectivity index (χ2v) is 7.12. The Hall–Kier alpha value is -0.0300. The van der Waals surface area contributed by atoms with Gasteiger partial charge >= 0.3 is 0 Å². The summed E-state index contributed by atoms with van der Waals surface area (Å²) in [5.74, 6) is 0. The number of hydrogen-bond donors (Lipinski definition) is 1. The number of thioether (sulfide) groups is 1. The van der Waals surface area contributed by atoms with Crippen LogP contribution in [0.2, 0.25) is 0 Å². The van der Waals surface area contributed by atoms with E-state index < -0.39 is 0 Å². The summed E-state index contributed by atoms with van der Waals surface area (Å²) < 4.78 is 6.60. The molecule has 0 saturated carbocycles. The Bertz CT molecular complexity index is 394. The fourth-order valence-corrected chi connectivity index (χ4v) is 3.94. The van der Waals surface area contributed by atoms with Crippen molar-refractivity contribution in [2.45, 2.75) is 42.9 Å². The zero-order valence-corrected chi connectivity index (χ0v) is 13.9. The quantitative estimate of drug-likeness (QED) is 0.781. The van der Waals surface area contributed by atoms with Crippen molar-refractivity contribution in [2.24, 2.45) is 0 Å². The Labute approximate surface area is 128 Å². The van der Waals surface area contributed by atoms with Crippen LogP contribution in [0.15, 0.2) is 27.6 Å². The minimum Gasteiger partial charge on any atom is -0.381 e. The van der Waals surface area contributed by atoms with Crippen molar-refractivity contribution in [1.29, 1.82) is 0 Å². The largest absolute Gasteiger partial charge is 0.381 e. The minimum atomic E-state index is 0.702. The van der Waals surface area contributed by atoms with Gasteiger partial charge < -0.3 is 10.1 Å². The van der Waals surface area contributed by atoms with E-state index in [1.165, 1.54) is 34.2 Å². The number of hydrogen-bond acceptors (Lipinski definition) is 3. The van der Waals surface area contributed by atoms with Crippen LogP contribution in [-0.2, 0) is 11.3 Å². The highest BCUT2D eigenvalue weighted by molar-refractivity contribution is 9.10. The van der Waals surface area contributed by atoms with Crippen molar-refractivity contribution >= 4 is 27.7 Å². The lowest BCUT2D eigenvalue weighted by atomic mass is 10.2. The maximum absolute atomic E-state index is 5.44. The molecule has 2 nitrogen and oxygen atoms in total. The lowest BCUT2D eigenvalue weighted by molar-refractivity contribution is 0.1000. The molecule has 0 spiro atoms. The van der Waals surface area contributed by atoms with E-state index in [-0.39, 0.29) is 0 Å². The molecule has 1 aliphatic rings. The summed E-state index contributed by atoms with van der Waals surface area (Å²) in [6.45, 7) is 6.07. The van der Waals surface area contributed by atoms with Crippen LogP contribution in [0.1, 0.15) is 31.7 Å². The molecule has 1 aliphatic heterocycles. The summed E-state index contributed by atoms with van der Waals surface area (Å²) in [6, 6.07) is 6.62. The second-order valence-electron chi connectivity index (χ2n) is 4.86. The summed E-state index contributed by atoms with van der Waals surface area (Å²) in [5, 5.41) is 4.20. The highest BCUT2D eigenvalue weighted by Crippen LogP contribution is 2.33. The zero-order chi connectivity index (χ0) is 13.5. The predicted molar refractivity (Wildman–Crippen MR) is 85.8 cm³/mol. The van der Waals surface area contributed by atoms with Gasteiger partial charge in [0.15, 0.2) is 0 Å². The summed E-state index contributed by atoms with van der Waals surface area (Å²) in [5.41, 5.74) is 1.41. The highest BCUT2D eigenvalue weighted by atomic mass is 79.9. The van der Waals surface area contributed by atoms with Gasteiger partial charge in [0.25, 0.3) is 0 Å². The standard InChI is InChI=1S/C15H22BrNOS/c1-2-7-17-11-12-3-4-13(16)10-15(12)19-14-5-8-18-9-6-14/h3-4,10,14,17H,2,5-9,11H2,1H3. The number of halogens is 1. The molecule has 1 saturated heterocycles. The summed E-state index contributed by atoms with van der Waals surface area (Å²) in [4.78, 5) is 1.41. The van der Waals surface area contributed by atoms with Crippen molar-refractivity contribution in [3.63, 3.8) is 0 Å². The summed E-state index contributed by atoms with van der Waals surface area (Å²) in [6.07, 6.45) is 3.51. The van der Waals surface area contributed by atoms with E-state index in [4.69, 9.17) is 4.74 Å². The first-order valence-corrected chi connectivity index (χ1v) is 8.70. The molecule has 19 heavy (non-hydrogen) atoms. The monoisotopic (exact) mass is 343 g/mol. The smallest absolute Gasteiger partial charge is 0.0476 e. The van der Waals surface area contributed by atoms with Gasteiger partial charge in [-0.05, 0) is 43.5 Å². The van der Waals surface area contributed by atoms with Crippen molar-refractivity contribution in [2.75, 3.05) is 19.8 Å². The predicted octanol–water partition coefficient (Wildman–Crippen LogP) is 4.22. The van der Waals surface area contributed by atoms with Crippen LogP contribution in [-0.4, -0.2) is 25.0 Å². The molecule has 1 aromatic carbocycles. The van der Waals surface area contributed by atoms with Crippen LogP contribution in [0.3, 0.4) is 0 Å². The van der Waals surface area contributed by atoms with E-state index in [2.05, 4.69) is 46.4 Å². The SMILES string of the molecule is CCCNCc1ccc(Br)cc1SC1CCOCC1. The van der Waals surface area contributed by atoms with Crippen molar-refractivity contribution in [3.8, 4) is 0 Å². The molecule has 1 N–H and O–H groups in total. The molecule has 1 heterocycles.